The lowest BCUT2D eigenvalue weighted by molar-refractivity contribution is -0.232. The molecule has 3 aromatic heterocycles. The van der Waals surface area contributed by atoms with Crippen LogP contribution in [0.2, 0.25) is 5.02 Å². The van der Waals surface area contributed by atoms with Crippen molar-refractivity contribution in [3.05, 3.63) is 73.4 Å². The van der Waals surface area contributed by atoms with Gasteiger partial charge in [0.05, 0.1) is 28.0 Å². The summed E-state index contributed by atoms with van der Waals surface area (Å²) in [5.74, 6) is -0.518. The summed E-state index contributed by atoms with van der Waals surface area (Å²) in [5.41, 5.74) is 3.93. The molecule has 256 valence electrons. The van der Waals surface area contributed by atoms with Crippen LogP contribution in [0, 0.1) is 19.8 Å². The minimum Gasteiger partial charge on any atom is -0.491 e. The van der Waals surface area contributed by atoms with Gasteiger partial charge in [0.15, 0.2) is 6.10 Å². The molecule has 0 radical (unpaired) electrons. The van der Waals surface area contributed by atoms with Crippen LogP contribution in [0.3, 0.4) is 0 Å². The third-order valence-electron chi connectivity index (χ3n) is 9.47. The summed E-state index contributed by atoms with van der Waals surface area (Å²) in [5, 5.41) is 11.7. The standard InChI is InChI=1S/C34H36ClF3N4O5S/c1-18-14-24(30-29(39-18)26(17-48-30)33(44)45)23-15-21(35)4-7-28(23)47-13-12-42-19(2)40-27-6-5-22(16-25(27)32(42)43)41-10-8-20(9-11-41)31(46-3)34(36,37)38/h4,7,14-15,17,20,22,31H,5-6,8-13,16H2,1-3H3,(H,44,45)/t22-,31-/m1/s1. The number of fused-ring (bicyclic) bond motifs is 2. The Morgan fingerprint density at radius 1 is 1.15 bits per heavy atom. The highest BCUT2D eigenvalue weighted by atomic mass is 35.5. The maximum atomic E-state index is 13.8. The maximum absolute atomic E-state index is 13.8. The first-order chi connectivity index (χ1) is 22.8. The zero-order valence-electron chi connectivity index (χ0n) is 26.8. The maximum Gasteiger partial charge on any atom is 0.414 e. The molecule has 4 aromatic rings. The van der Waals surface area contributed by atoms with E-state index in [1.165, 1.54) is 11.3 Å². The zero-order valence-corrected chi connectivity index (χ0v) is 28.3. The van der Waals surface area contributed by atoms with Crippen LogP contribution in [-0.2, 0) is 24.1 Å². The van der Waals surface area contributed by atoms with Gasteiger partial charge in [-0.1, -0.05) is 11.6 Å². The van der Waals surface area contributed by atoms with Gasteiger partial charge in [0.1, 0.15) is 18.2 Å². The van der Waals surface area contributed by atoms with Gasteiger partial charge in [-0.25, -0.2) is 9.78 Å². The number of thiophene rings is 1. The summed E-state index contributed by atoms with van der Waals surface area (Å²) >= 11 is 7.68. The van der Waals surface area contributed by atoms with Crippen LogP contribution in [0.15, 0.2) is 34.4 Å². The van der Waals surface area contributed by atoms with Crippen molar-refractivity contribution in [3.63, 3.8) is 0 Å². The largest absolute Gasteiger partial charge is 0.491 e. The van der Waals surface area contributed by atoms with E-state index in [0.717, 1.165) is 24.8 Å². The second-order valence-electron chi connectivity index (χ2n) is 12.4. The minimum atomic E-state index is -4.39. The van der Waals surface area contributed by atoms with Crippen LogP contribution in [0.5, 0.6) is 5.75 Å². The number of piperidine rings is 1. The van der Waals surface area contributed by atoms with E-state index >= 15 is 0 Å². The van der Waals surface area contributed by atoms with Gasteiger partial charge in [-0.05, 0) is 89.2 Å². The van der Waals surface area contributed by atoms with Gasteiger partial charge in [0, 0.05) is 45.9 Å². The van der Waals surface area contributed by atoms with Gasteiger partial charge in [-0.2, -0.15) is 13.2 Å². The van der Waals surface area contributed by atoms with E-state index in [9.17, 15) is 27.9 Å². The lowest BCUT2D eigenvalue weighted by atomic mass is 9.86. The van der Waals surface area contributed by atoms with Crippen molar-refractivity contribution in [2.75, 3.05) is 26.8 Å². The van der Waals surface area contributed by atoms with E-state index in [0.29, 0.717) is 82.4 Å². The molecule has 48 heavy (non-hydrogen) atoms. The second kappa shape index (κ2) is 13.8. The number of carbonyl (C=O) groups is 1. The van der Waals surface area contributed by atoms with Gasteiger partial charge < -0.3 is 19.5 Å². The van der Waals surface area contributed by atoms with Gasteiger partial charge in [-0.15, -0.1) is 11.3 Å². The number of hydrogen-bond donors (Lipinski definition) is 1. The van der Waals surface area contributed by atoms with Crippen molar-refractivity contribution in [3.8, 4) is 16.9 Å². The Labute approximate surface area is 284 Å². The second-order valence-corrected chi connectivity index (χ2v) is 13.8. The Kier molecular flexibility index (Phi) is 9.85. The molecular weight excluding hydrogens is 669 g/mol. The molecule has 2 aliphatic rings. The average Bonchev–Trinajstić information content (AvgIpc) is 3.47. The summed E-state index contributed by atoms with van der Waals surface area (Å²) in [4.78, 5) is 37.1. The van der Waals surface area contributed by atoms with E-state index in [2.05, 4.69) is 9.88 Å². The van der Waals surface area contributed by atoms with Crippen LogP contribution < -0.4 is 10.3 Å². The molecular formula is C34H36ClF3N4O5S. The number of methoxy groups -OCH3 is 1. The molecule has 1 fully saturated rings. The predicted octanol–water partition coefficient (Wildman–Crippen LogP) is 6.71. The monoisotopic (exact) mass is 704 g/mol. The number of aromatic nitrogens is 3. The van der Waals surface area contributed by atoms with Gasteiger partial charge in [0.2, 0.25) is 0 Å². The van der Waals surface area contributed by atoms with Gasteiger partial charge in [0.25, 0.3) is 5.56 Å². The number of aromatic carboxylic acids is 1. The summed E-state index contributed by atoms with van der Waals surface area (Å²) in [6.07, 6.45) is -3.44. The highest BCUT2D eigenvalue weighted by Gasteiger charge is 2.46. The fourth-order valence-corrected chi connectivity index (χ4v) is 8.32. The van der Waals surface area contributed by atoms with Gasteiger partial charge in [-0.3, -0.25) is 14.3 Å². The molecule has 4 heterocycles. The van der Waals surface area contributed by atoms with E-state index < -0.39 is 24.2 Å². The molecule has 1 aliphatic carbocycles. The van der Waals surface area contributed by atoms with Crippen LogP contribution in [0.1, 0.15) is 52.4 Å². The molecule has 1 saturated heterocycles. The quantitative estimate of drug-likeness (QED) is 0.205. The van der Waals surface area contributed by atoms with Crippen molar-refractivity contribution >= 4 is 39.1 Å². The van der Waals surface area contributed by atoms with Crippen molar-refractivity contribution in [2.45, 2.75) is 70.8 Å². The highest BCUT2D eigenvalue weighted by molar-refractivity contribution is 7.18. The van der Waals surface area contributed by atoms with Crippen molar-refractivity contribution in [1.29, 1.82) is 0 Å². The SMILES string of the molecule is CO[C@H](C1CCN([C@@H]2CCc3nc(C)n(CCOc4ccc(Cl)cc4-c4cc(C)nc5c(C(=O)O)csc45)c(=O)c3C2)CC1)C(F)(F)F. The predicted molar refractivity (Wildman–Crippen MR) is 177 cm³/mol. The Balaban J connectivity index is 1.18. The topological polar surface area (TPSA) is 107 Å². The summed E-state index contributed by atoms with van der Waals surface area (Å²) in [7, 11) is 1.12. The van der Waals surface area contributed by atoms with Crippen molar-refractivity contribution in [2.24, 2.45) is 5.92 Å². The number of pyridine rings is 1. The number of benzene rings is 1. The van der Waals surface area contributed by atoms with Crippen molar-refractivity contribution in [1.82, 2.24) is 19.4 Å². The van der Waals surface area contributed by atoms with E-state index in [4.69, 9.17) is 26.1 Å². The molecule has 9 nitrogen and oxygen atoms in total. The Hall–Kier alpha value is -3.52. The molecule has 14 heteroatoms. The van der Waals surface area contributed by atoms with E-state index in [1.807, 2.05) is 6.07 Å². The molecule has 2 atom stereocenters. The van der Waals surface area contributed by atoms with Crippen LogP contribution in [0.4, 0.5) is 13.2 Å². The molecule has 0 spiro atoms. The first kappa shape index (κ1) is 34.3. The first-order valence-electron chi connectivity index (χ1n) is 15.8. The number of alkyl halides is 3. The molecule has 0 unspecified atom stereocenters. The summed E-state index contributed by atoms with van der Waals surface area (Å²) in [6, 6.07) is 7.16. The summed E-state index contributed by atoms with van der Waals surface area (Å²) < 4.78 is 53.6. The average molecular weight is 705 g/mol. The Morgan fingerprint density at radius 3 is 2.58 bits per heavy atom. The normalized spacial score (nSPS) is 18.2. The van der Waals surface area contributed by atoms with Crippen LogP contribution in [0.25, 0.3) is 21.3 Å². The Morgan fingerprint density at radius 2 is 1.90 bits per heavy atom. The number of carboxylic acid groups (broad SMARTS) is 1. The summed E-state index contributed by atoms with van der Waals surface area (Å²) in [6.45, 7) is 5.05. The molecule has 1 aliphatic heterocycles. The molecule has 6 rings (SSSR count). The van der Waals surface area contributed by atoms with Gasteiger partial charge >= 0.3 is 12.1 Å². The third kappa shape index (κ3) is 6.83. The minimum absolute atomic E-state index is 0.0587. The van der Waals surface area contributed by atoms with E-state index in [-0.39, 0.29) is 30.3 Å². The number of nitrogens with zero attached hydrogens (tertiary/aromatic N) is 4. The van der Waals surface area contributed by atoms with Crippen molar-refractivity contribution < 1.29 is 32.5 Å². The zero-order chi connectivity index (χ0) is 34.3. The lowest BCUT2D eigenvalue weighted by Gasteiger charge is -2.41. The lowest BCUT2D eigenvalue weighted by Crippen LogP contribution is -2.49. The number of carboxylic acids is 1. The smallest absolute Gasteiger partial charge is 0.414 e. The van der Waals surface area contributed by atoms with Crippen LogP contribution in [-0.4, -0.2) is 75.6 Å². The molecule has 0 bridgehead atoms. The fraction of sp³-hybridized carbons (Fsp3) is 0.471. The van der Waals surface area contributed by atoms with Crippen LogP contribution >= 0.6 is 22.9 Å². The highest BCUT2D eigenvalue weighted by Crippen LogP contribution is 2.40. The first-order valence-corrected chi connectivity index (χ1v) is 17.1. The number of rotatable bonds is 9. The number of likely N-dealkylation sites (tertiary alicyclic amines) is 1. The number of hydrogen-bond acceptors (Lipinski definition) is 8. The third-order valence-corrected chi connectivity index (χ3v) is 10.7. The van der Waals surface area contributed by atoms with E-state index in [1.54, 1.807) is 42.0 Å². The number of halogens is 4. The Bertz CT molecular complexity index is 1900. The fourth-order valence-electron chi connectivity index (χ4n) is 7.14. The molecule has 0 amide bonds. The number of aryl methyl sites for hydroxylation is 3. The molecule has 1 aromatic carbocycles. The molecule has 0 saturated carbocycles. The number of ether oxygens (including phenoxy) is 2. The molecule has 1 N–H and O–H groups in total.